The van der Waals surface area contributed by atoms with Gasteiger partial charge in [0, 0.05) is 24.3 Å². The normalized spacial score (nSPS) is 10.3. The predicted molar refractivity (Wildman–Crippen MR) is 117 cm³/mol. The molecule has 3 N–H and O–H groups in total. The molecule has 0 unspecified atom stereocenters. The maximum atomic E-state index is 13.2. The maximum absolute atomic E-state index is 13.2. The van der Waals surface area contributed by atoms with Crippen LogP contribution in [0.4, 0.5) is 20.6 Å². The molecule has 0 heterocycles. The molecule has 6 heteroatoms. The van der Waals surface area contributed by atoms with E-state index in [4.69, 9.17) is 0 Å². The van der Waals surface area contributed by atoms with Crippen LogP contribution in [0.1, 0.15) is 23.1 Å². The summed E-state index contributed by atoms with van der Waals surface area (Å²) < 4.78 is 13.2. The Labute approximate surface area is 175 Å². The highest BCUT2D eigenvalue weighted by molar-refractivity contribution is 5.99. The first-order valence-corrected chi connectivity index (χ1v) is 9.73. The lowest BCUT2D eigenvalue weighted by atomic mass is 10.1. The van der Waals surface area contributed by atoms with E-state index in [0.29, 0.717) is 24.3 Å². The topological polar surface area (TPSA) is 70.2 Å². The number of rotatable bonds is 7. The van der Waals surface area contributed by atoms with Crippen LogP contribution in [-0.4, -0.2) is 11.9 Å². The van der Waals surface area contributed by atoms with Crippen molar-refractivity contribution in [1.82, 2.24) is 5.32 Å². The molecule has 3 rings (SSSR count). The molecule has 0 atom stereocenters. The van der Waals surface area contributed by atoms with Crippen molar-refractivity contribution < 1.29 is 14.0 Å². The summed E-state index contributed by atoms with van der Waals surface area (Å²) in [7, 11) is 0. The number of hydrogen-bond acceptors (Lipinski definition) is 2. The van der Waals surface area contributed by atoms with Crippen molar-refractivity contribution >= 4 is 23.3 Å². The number of carbonyl (C=O) groups excluding carboxylic acids is 2. The average Bonchev–Trinajstić information content (AvgIpc) is 2.71. The summed E-state index contributed by atoms with van der Waals surface area (Å²) in [4.78, 5) is 24.3. The van der Waals surface area contributed by atoms with Crippen LogP contribution >= 0.6 is 0 Å². The zero-order valence-corrected chi connectivity index (χ0v) is 16.7. The van der Waals surface area contributed by atoms with E-state index in [0.717, 1.165) is 16.7 Å². The molecule has 0 saturated carbocycles. The lowest BCUT2D eigenvalue weighted by molar-refractivity contribution is -0.121. The molecule has 0 radical (unpaired) electrons. The summed E-state index contributed by atoms with van der Waals surface area (Å²) in [6.07, 6.45) is 0.755. The lowest BCUT2D eigenvalue weighted by Crippen LogP contribution is -2.23. The summed E-state index contributed by atoms with van der Waals surface area (Å²) in [6.45, 7) is 2.30. The quantitative estimate of drug-likeness (QED) is 0.516. The first-order chi connectivity index (χ1) is 14.5. The number of urea groups is 1. The minimum Gasteiger partial charge on any atom is -0.352 e. The molecule has 0 aliphatic carbocycles. The first kappa shape index (κ1) is 21.0. The fraction of sp³-hybridized carbons (Fsp3) is 0.167. The Kier molecular flexibility index (Phi) is 7.16. The van der Waals surface area contributed by atoms with Gasteiger partial charge < -0.3 is 16.0 Å². The van der Waals surface area contributed by atoms with E-state index in [1.807, 2.05) is 49.4 Å². The third-order valence-electron chi connectivity index (χ3n) is 4.48. The van der Waals surface area contributed by atoms with Crippen LogP contribution < -0.4 is 16.0 Å². The van der Waals surface area contributed by atoms with Crippen molar-refractivity contribution in [3.63, 3.8) is 0 Å². The van der Waals surface area contributed by atoms with Crippen molar-refractivity contribution in [2.75, 3.05) is 10.6 Å². The van der Waals surface area contributed by atoms with Crippen LogP contribution in [0, 0.1) is 12.7 Å². The molecule has 154 valence electrons. The molecule has 3 aromatic rings. The standard InChI is InChI=1S/C24H24FN3O2/c1-17-5-2-9-21(13-17)27-24(30)28-22-10-4-7-19(15-22)16-26-23(29)12-11-18-6-3-8-20(25)14-18/h2-10,13-15H,11-12,16H2,1H3,(H,26,29)(H2,27,28,30). The van der Waals surface area contributed by atoms with Crippen molar-refractivity contribution in [2.24, 2.45) is 0 Å². The van der Waals surface area contributed by atoms with Gasteiger partial charge in [-0.15, -0.1) is 0 Å². The Morgan fingerprint density at radius 1 is 0.833 bits per heavy atom. The summed E-state index contributed by atoms with van der Waals surface area (Å²) in [5, 5.41) is 8.43. The molecule has 0 spiro atoms. The summed E-state index contributed by atoms with van der Waals surface area (Å²) in [5.74, 6) is -0.418. The van der Waals surface area contributed by atoms with E-state index < -0.39 is 0 Å². The number of nitrogens with one attached hydrogen (secondary N) is 3. The van der Waals surface area contributed by atoms with E-state index in [1.165, 1.54) is 12.1 Å². The van der Waals surface area contributed by atoms with Gasteiger partial charge in [0.25, 0.3) is 0 Å². The molecular weight excluding hydrogens is 381 g/mol. The predicted octanol–water partition coefficient (Wildman–Crippen LogP) is 5.03. The highest BCUT2D eigenvalue weighted by Crippen LogP contribution is 2.13. The van der Waals surface area contributed by atoms with Gasteiger partial charge in [-0.05, 0) is 66.4 Å². The summed E-state index contributed by atoms with van der Waals surface area (Å²) >= 11 is 0. The number of aryl methyl sites for hydroxylation is 2. The van der Waals surface area contributed by atoms with Crippen LogP contribution in [-0.2, 0) is 17.8 Å². The Morgan fingerprint density at radius 3 is 2.23 bits per heavy atom. The third kappa shape index (κ3) is 6.74. The highest BCUT2D eigenvalue weighted by atomic mass is 19.1. The van der Waals surface area contributed by atoms with Gasteiger partial charge >= 0.3 is 6.03 Å². The molecular formula is C24H24FN3O2. The van der Waals surface area contributed by atoms with Crippen molar-refractivity contribution in [3.8, 4) is 0 Å². The van der Waals surface area contributed by atoms with Crippen LogP contribution in [0.25, 0.3) is 0 Å². The van der Waals surface area contributed by atoms with Crippen LogP contribution in [0.5, 0.6) is 0 Å². The Bertz CT molecular complexity index is 1040. The van der Waals surface area contributed by atoms with Gasteiger partial charge in [0.15, 0.2) is 0 Å². The van der Waals surface area contributed by atoms with Crippen molar-refractivity contribution in [1.29, 1.82) is 0 Å². The number of halogens is 1. The van der Waals surface area contributed by atoms with Gasteiger partial charge in [0.05, 0.1) is 0 Å². The number of carbonyl (C=O) groups is 2. The van der Waals surface area contributed by atoms with Gasteiger partial charge in [-0.2, -0.15) is 0 Å². The number of anilines is 2. The lowest BCUT2D eigenvalue weighted by Gasteiger charge is -2.10. The minimum atomic E-state index is -0.336. The van der Waals surface area contributed by atoms with Gasteiger partial charge in [-0.25, -0.2) is 9.18 Å². The molecule has 0 aromatic heterocycles. The van der Waals surface area contributed by atoms with E-state index in [-0.39, 0.29) is 24.2 Å². The first-order valence-electron chi connectivity index (χ1n) is 9.73. The molecule has 0 bridgehead atoms. The number of benzene rings is 3. The second kappa shape index (κ2) is 10.2. The SMILES string of the molecule is Cc1cccc(NC(=O)Nc2cccc(CNC(=O)CCc3cccc(F)c3)c2)c1. The van der Waals surface area contributed by atoms with Gasteiger partial charge in [-0.1, -0.05) is 36.4 Å². The minimum absolute atomic E-state index is 0.116. The zero-order valence-electron chi connectivity index (χ0n) is 16.7. The number of hydrogen-bond donors (Lipinski definition) is 3. The van der Waals surface area contributed by atoms with E-state index in [2.05, 4.69) is 16.0 Å². The molecule has 3 amide bonds. The Balaban J connectivity index is 1.47. The largest absolute Gasteiger partial charge is 0.352 e. The fourth-order valence-corrected chi connectivity index (χ4v) is 3.01. The smallest absolute Gasteiger partial charge is 0.323 e. The summed E-state index contributed by atoms with van der Waals surface area (Å²) in [5.41, 5.74) is 4.06. The molecule has 30 heavy (non-hydrogen) atoms. The zero-order chi connectivity index (χ0) is 21.3. The van der Waals surface area contributed by atoms with Crippen LogP contribution in [0.3, 0.4) is 0 Å². The molecule has 0 saturated heterocycles. The third-order valence-corrected chi connectivity index (χ3v) is 4.48. The second-order valence-electron chi connectivity index (χ2n) is 7.06. The fourth-order valence-electron chi connectivity index (χ4n) is 3.01. The molecule has 5 nitrogen and oxygen atoms in total. The maximum Gasteiger partial charge on any atom is 0.323 e. The van der Waals surface area contributed by atoms with Crippen LogP contribution in [0.15, 0.2) is 72.8 Å². The Hall–Kier alpha value is -3.67. The van der Waals surface area contributed by atoms with Gasteiger partial charge in [0.2, 0.25) is 5.91 Å². The van der Waals surface area contributed by atoms with E-state index in [1.54, 1.807) is 18.2 Å². The molecule has 3 aromatic carbocycles. The van der Waals surface area contributed by atoms with Crippen LogP contribution in [0.2, 0.25) is 0 Å². The van der Waals surface area contributed by atoms with E-state index in [9.17, 15) is 14.0 Å². The summed E-state index contributed by atoms with van der Waals surface area (Å²) in [6, 6.07) is 20.7. The van der Waals surface area contributed by atoms with Gasteiger partial charge in [-0.3, -0.25) is 4.79 Å². The molecule has 0 aliphatic rings. The van der Waals surface area contributed by atoms with Crippen molar-refractivity contribution in [2.45, 2.75) is 26.3 Å². The molecule has 0 fully saturated rings. The highest BCUT2D eigenvalue weighted by Gasteiger charge is 2.06. The van der Waals surface area contributed by atoms with Gasteiger partial charge in [0.1, 0.15) is 5.82 Å². The average molecular weight is 405 g/mol. The van der Waals surface area contributed by atoms with E-state index >= 15 is 0 Å². The monoisotopic (exact) mass is 405 g/mol. The second-order valence-corrected chi connectivity index (χ2v) is 7.06. The molecule has 0 aliphatic heterocycles. The Morgan fingerprint density at radius 2 is 1.50 bits per heavy atom. The van der Waals surface area contributed by atoms with Crippen molar-refractivity contribution in [3.05, 3.63) is 95.3 Å². The number of amides is 3.